The number of Topliss-reactive ketones (excluding diaryl/α,β-unsaturated/α-hetero) is 1. The molecule has 0 heterocycles. The van der Waals surface area contributed by atoms with Crippen LogP contribution in [0.2, 0.25) is 0 Å². The highest BCUT2D eigenvalue weighted by Gasteiger charge is 2.19. The van der Waals surface area contributed by atoms with Crippen LogP contribution in [0, 0.1) is 0 Å². The van der Waals surface area contributed by atoms with Crippen molar-refractivity contribution in [3.05, 3.63) is 23.3 Å². The first-order valence-corrected chi connectivity index (χ1v) is 4.59. The van der Waals surface area contributed by atoms with Gasteiger partial charge in [-0.15, -0.1) is 0 Å². The highest BCUT2D eigenvalue weighted by atomic mass is 16.5. The summed E-state index contributed by atoms with van der Waals surface area (Å²) in [6.07, 6.45) is -0.258. The molecule has 0 spiro atoms. The van der Waals surface area contributed by atoms with Crippen LogP contribution in [-0.2, 0) is 16.0 Å². The zero-order valence-corrected chi connectivity index (χ0v) is 8.98. The largest absolute Gasteiger partial charge is 0.508 e. The topological polar surface area (TPSA) is 83.8 Å². The number of methoxy groups -OCH3 is 1. The van der Waals surface area contributed by atoms with Crippen LogP contribution in [0.25, 0.3) is 0 Å². The molecule has 0 saturated heterocycles. The number of phenolic OH excluding ortho intramolecular Hbond substituents is 2. The number of hydrogen-bond donors (Lipinski definition) is 2. The Bertz CT molecular complexity index is 436. The zero-order valence-electron chi connectivity index (χ0n) is 8.98. The number of ketones is 1. The second-order valence-electron chi connectivity index (χ2n) is 3.27. The van der Waals surface area contributed by atoms with E-state index in [-0.39, 0.29) is 29.0 Å². The molecule has 16 heavy (non-hydrogen) atoms. The summed E-state index contributed by atoms with van der Waals surface area (Å²) in [6.45, 7) is 1.25. The van der Waals surface area contributed by atoms with Gasteiger partial charge in [-0.2, -0.15) is 0 Å². The van der Waals surface area contributed by atoms with Crippen LogP contribution in [0.4, 0.5) is 0 Å². The molecule has 0 aliphatic carbocycles. The quantitative estimate of drug-likeness (QED) is 0.455. The first kappa shape index (κ1) is 12.0. The predicted molar refractivity (Wildman–Crippen MR) is 55.5 cm³/mol. The lowest BCUT2D eigenvalue weighted by Crippen LogP contribution is -2.09. The molecule has 86 valence electrons. The smallest absolute Gasteiger partial charge is 0.310 e. The Morgan fingerprint density at radius 2 is 1.81 bits per heavy atom. The molecule has 2 N–H and O–H groups in total. The molecule has 1 rings (SSSR count). The van der Waals surface area contributed by atoms with E-state index in [0.29, 0.717) is 0 Å². The van der Waals surface area contributed by atoms with Crippen molar-refractivity contribution >= 4 is 11.8 Å². The van der Waals surface area contributed by atoms with Crippen molar-refractivity contribution in [3.63, 3.8) is 0 Å². The number of aromatic hydroxyl groups is 2. The molecule has 0 unspecified atom stereocenters. The van der Waals surface area contributed by atoms with Crippen molar-refractivity contribution < 1.29 is 24.5 Å². The van der Waals surface area contributed by atoms with E-state index >= 15 is 0 Å². The van der Waals surface area contributed by atoms with Crippen molar-refractivity contribution in [2.75, 3.05) is 7.11 Å². The van der Waals surface area contributed by atoms with E-state index in [9.17, 15) is 19.8 Å². The maximum Gasteiger partial charge on any atom is 0.310 e. The minimum absolute atomic E-state index is 0.0506. The zero-order chi connectivity index (χ0) is 12.3. The first-order valence-electron chi connectivity index (χ1n) is 4.59. The van der Waals surface area contributed by atoms with Crippen LogP contribution < -0.4 is 0 Å². The number of hydrogen-bond acceptors (Lipinski definition) is 5. The van der Waals surface area contributed by atoms with Gasteiger partial charge in [0, 0.05) is 5.56 Å². The number of rotatable bonds is 3. The van der Waals surface area contributed by atoms with Gasteiger partial charge in [0.05, 0.1) is 19.1 Å². The lowest BCUT2D eigenvalue weighted by Gasteiger charge is -2.09. The minimum Gasteiger partial charge on any atom is -0.508 e. The normalized spacial score (nSPS) is 9.88. The minimum atomic E-state index is -0.594. The predicted octanol–water partition coefficient (Wildman–Crippen LogP) is 1.02. The fraction of sp³-hybridized carbons (Fsp3) is 0.273. The summed E-state index contributed by atoms with van der Waals surface area (Å²) < 4.78 is 4.44. The van der Waals surface area contributed by atoms with Gasteiger partial charge in [0.15, 0.2) is 5.78 Å². The van der Waals surface area contributed by atoms with E-state index in [4.69, 9.17) is 0 Å². The van der Waals surface area contributed by atoms with Gasteiger partial charge in [0.2, 0.25) is 0 Å². The Balaban J connectivity index is 3.28. The van der Waals surface area contributed by atoms with Crippen LogP contribution in [0.1, 0.15) is 22.8 Å². The average Bonchev–Trinajstić information content (AvgIpc) is 2.22. The highest BCUT2D eigenvalue weighted by molar-refractivity contribution is 6.00. The standard InChI is InChI=1S/C11H12O5/c1-6(12)11-7(5-10(15)16-2)8(13)3-4-9(11)14/h3-4,13-14H,5H2,1-2H3. The number of ether oxygens (including phenoxy) is 1. The average molecular weight is 224 g/mol. The van der Waals surface area contributed by atoms with E-state index < -0.39 is 11.8 Å². The van der Waals surface area contributed by atoms with Gasteiger partial charge in [0.1, 0.15) is 11.5 Å². The molecule has 0 radical (unpaired) electrons. The molecule has 0 bridgehead atoms. The second-order valence-corrected chi connectivity index (χ2v) is 3.27. The monoisotopic (exact) mass is 224 g/mol. The summed E-state index contributed by atoms with van der Waals surface area (Å²) in [7, 11) is 1.20. The van der Waals surface area contributed by atoms with E-state index in [2.05, 4.69) is 4.74 Å². The van der Waals surface area contributed by atoms with Crippen molar-refractivity contribution in [2.45, 2.75) is 13.3 Å². The summed E-state index contributed by atoms with van der Waals surface area (Å²) in [4.78, 5) is 22.4. The lowest BCUT2D eigenvalue weighted by atomic mass is 9.99. The van der Waals surface area contributed by atoms with Crippen LogP contribution in [0.15, 0.2) is 12.1 Å². The van der Waals surface area contributed by atoms with Crippen LogP contribution in [-0.4, -0.2) is 29.1 Å². The molecule has 0 aromatic heterocycles. The maximum atomic E-state index is 11.3. The number of carbonyl (C=O) groups is 2. The Labute approximate surface area is 92.3 Å². The Morgan fingerprint density at radius 1 is 1.25 bits per heavy atom. The molecule has 0 atom stereocenters. The SMILES string of the molecule is COC(=O)Cc1c(O)ccc(O)c1C(C)=O. The van der Waals surface area contributed by atoms with Gasteiger partial charge < -0.3 is 14.9 Å². The second kappa shape index (κ2) is 4.65. The Hall–Kier alpha value is -2.04. The number of benzene rings is 1. The molecule has 0 aliphatic heterocycles. The molecular weight excluding hydrogens is 212 g/mol. The van der Waals surface area contributed by atoms with Crippen LogP contribution in [0.5, 0.6) is 11.5 Å². The van der Waals surface area contributed by atoms with Crippen molar-refractivity contribution in [1.82, 2.24) is 0 Å². The molecule has 5 heteroatoms. The van der Waals surface area contributed by atoms with Gasteiger partial charge in [-0.05, 0) is 19.1 Å². The van der Waals surface area contributed by atoms with Gasteiger partial charge in [-0.1, -0.05) is 0 Å². The molecule has 0 saturated carbocycles. The van der Waals surface area contributed by atoms with Crippen molar-refractivity contribution in [1.29, 1.82) is 0 Å². The van der Waals surface area contributed by atoms with Crippen molar-refractivity contribution in [3.8, 4) is 11.5 Å². The fourth-order valence-electron chi connectivity index (χ4n) is 1.41. The summed E-state index contributed by atoms with van der Waals surface area (Å²) in [5.74, 6) is -1.49. The molecule has 5 nitrogen and oxygen atoms in total. The fourth-order valence-corrected chi connectivity index (χ4v) is 1.41. The summed E-state index contributed by atoms with van der Waals surface area (Å²) in [5.41, 5.74) is 0.0322. The summed E-state index contributed by atoms with van der Waals surface area (Å²) >= 11 is 0. The molecule has 0 aliphatic rings. The number of esters is 1. The molecular formula is C11H12O5. The Kier molecular flexibility index (Phi) is 3.50. The van der Waals surface area contributed by atoms with E-state index in [0.717, 1.165) is 0 Å². The van der Waals surface area contributed by atoms with Gasteiger partial charge >= 0.3 is 5.97 Å². The summed E-state index contributed by atoms with van der Waals surface area (Å²) in [6, 6.07) is 2.42. The van der Waals surface area contributed by atoms with Crippen LogP contribution in [0.3, 0.4) is 0 Å². The molecule has 1 aromatic rings. The van der Waals surface area contributed by atoms with E-state index in [1.807, 2.05) is 0 Å². The Morgan fingerprint density at radius 3 is 2.31 bits per heavy atom. The molecule has 0 fully saturated rings. The van der Waals surface area contributed by atoms with Gasteiger partial charge in [0.25, 0.3) is 0 Å². The highest BCUT2D eigenvalue weighted by Crippen LogP contribution is 2.29. The third kappa shape index (κ3) is 2.31. The third-order valence-corrected chi connectivity index (χ3v) is 2.17. The lowest BCUT2D eigenvalue weighted by molar-refractivity contribution is -0.139. The number of phenols is 2. The van der Waals surface area contributed by atoms with Gasteiger partial charge in [-0.3, -0.25) is 9.59 Å². The number of carbonyl (C=O) groups excluding carboxylic acids is 2. The first-order chi connectivity index (χ1) is 7.47. The molecule has 0 amide bonds. The van der Waals surface area contributed by atoms with Crippen molar-refractivity contribution in [2.24, 2.45) is 0 Å². The van der Waals surface area contributed by atoms with E-state index in [1.54, 1.807) is 0 Å². The van der Waals surface area contributed by atoms with Gasteiger partial charge in [-0.25, -0.2) is 0 Å². The summed E-state index contributed by atoms with van der Waals surface area (Å²) in [5, 5.41) is 19.0. The molecule has 1 aromatic carbocycles. The maximum absolute atomic E-state index is 11.3. The van der Waals surface area contributed by atoms with Crippen LogP contribution >= 0.6 is 0 Å². The van der Waals surface area contributed by atoms with E-state index in [1.165, 1.54) is 26.2 Å². The third-order valence-electron chi connectivity index (χ3n) is 2.17.